The Hall–Kier alpha value is -1.15. The standard InChI is InChI=1S/C6H8BNO3.C3H8O2/c1-11-6-3-2-5(4-8-6)7(9)10;4-2-1-3-5/h2-4,9-10H,1H3;4-5H,1-3H2. The molecule has 1 aromatic rings. The monoisotopic (exact) mass is 229 g/mol. The molecule has 90 valence electrons. The predicted octanol–water partition coefficient (Wildman–Crippen LogP) is -1.87. The molecule has 16 heavy (non-hydrogen) atoms. The summed E-state index contributed by atoms with van der Waals surface area (Å²) in [4.78, 5) is 3.78. The smallest absolute Gasteiger partial charge is 0.481 e. The van der Waals surface area contributed by atoms with Gasteiger partial charge in [0, 0.05) is 24.9 Å². The number of hydrogen-bond donors (Lipinski definition) is 4. The van der Waals surface area contributed by atoms with Crippen LogP contribution in [-0.4, -0.2) is 52.7 Å². The van der Waals surface area contributed by atoms with Gasteiger partial charge >= 0.3 is 7.12 Å². The molecule has 0 aliphatic carbocycles. The van der Waals surface area contributed by atoms with Crippen molar-refractivity contribution >= 4 is 12.6 Å². The second kappa shape index (κ2) is 9.11. The summed E-state index contributed by atoms with van der Waals surface area (Å²) in [7, 11) is 0.0330. The second-order valence-corrected chi connectivity index (χ2v) is 2.81. The van der Waals surface area contributed by atoms with Gasteiger partial charge in [0.25, 0.3) is 0 Å². The Labute approximate surface area is 94.3 Å². The van der Waals surface area contributed by atoms with Crippen molar-refractivity contribution in [3.8, 4) is 5.88 Å². The summed E-state index contributed by atoms with van der Waals surface area (Å²) >= 11 is 0. The lowest BCUT2D eigenvalue weighted by molar-refractivity contribution is 0.221. The minimum atomic E-state index is -1.46. The molecule has 0 amide bonds. The van der Waals surface area contributed by atoms with Gasteiger partial charge in [0.15, 0.2) is 0 Å². The molecule has 0 radical (unpaired) electrons. The van der Waals surface area contributed by atoms with Gasteiger partial charge in [0.2, 0.25) is 5.88 Å². The van der Waals surface area contributed by atoms with Crippen LogP contribution in [0.25, 0.3) is 0 Å². The molecule has 0 unspecified atom stereocenters. The summed E-state index contributed by atoms with van der Waals surface area (Å²) < 4.78 is 4.77. The van der Waals surface area contributed by atoms with Crippen LogP contribution in [0.2, 0.25) is 0 Å². The quantitative estimate of drug-likeness (QED) is 0.451. The largest absolute Gasteiger partial charge is 0.490 e. The molecule has 0 aliphatic rings. The third kappa shape index (κ3) is 6.36. The van der Waals surface area contributed by atoms with E-state index in [1.54, 1.807) is 6.07 Å². The van der Waals surface area contributed by atoms with E-state index in [4.69, 9.17) is 25.0 Å². The molecule has 0 aromatic carbocycles. The fraction of sp³-hybridized carbons (Fsp3) is 0.444. The number of nitrogens with zero attached hydrogens (tertiary/aromatic N) is 1. The van der Waals surface area contributed by atoms with E-state index in [1.807, 2.05) is 0 Å². The number of rotatable bonds is 4. The van der Waals surface area contributed by atoms with Crippen LogP contribution in [0.4, 0.5) is 0 Å². The van der Waals surface area contributed by atoms with Crippen LogP contribution in [-0.2, 0) is 0 Å². The first-order chi connectivity index (χ1) is 7.65. The summed E-state index contributed by atoms with van der Waals surface area (Å²) in [5.74, 6) is 0.453. The number of aliphatic hydroxyl groups excluding tert-OH is 2. The van der Waals surface area contributed by atoms with E-state index in [0.717, 1.165) is 0 Å². The molecular formula is C9H16BNO5. The summed E-state index contributed by atoms with van der Waals surface area (Å²) in [6.07, 6.45) is 1.85. The molecule has 0 aliphatic heterocycles. The Bertz CT molecular complexity index is 265. The fourth-order valence-electron chi connectivity index (χ4n) is 0.736. The van der Waals surface area contributed by atoms with Crippen molar-refractivity contribution in [1.29, 1.82) is 0 Å². The van der Waals surface area contributed by atoms with Crippen LogP contribution in [0.3, 0.4) is 0 Å². The molecule has 1 heterocycles. The average Bonchev–Trinajstić information content (AvgIpc) is 2.31. The van der Waals surface area contributed by atoms with Crippen molar-refractivity contribution in [3.05, 3.63) is 18.3 Å². The highest BCUT2D eigenvalue weighted by Gasteiger charge is 2.10. The molecule has 0 atom stereocenters. The number of ether oxygens (including phenoxy) is 1. The maximum atomic E-state index is 8.66. The van der Waals surface area contributed by atoms with Gasteiger partial charge in [0.05, 0.1) is 7.11 Å². The molecule has 7 heteroatoms. The van der Waals surface area contributed by atoms with E-state index in [0.29, 0.717) is 17.8 Å². The van der Waals surface area contributed by atoms with Gasteiger partial charge in [-0.05, 0) is 12.5 Å². The highest BCUT2D eigenvalue weighted by atomic mass is 16.5. The molecule has 0 fully saturated rings. The minimum absolute atomic E-state index is 0.0938. The Kier molecular flexibility index (Phi) is 8.46. The summed E-state index contributed by atoms with van der Waals surface area (Å²) in [6, 6.07) is 3.10. The van der Waals surface area contributed by atoms with Crippen LogP contribution in [0, 0.1) is 0 Å². The molecular weight excluding hydrogens is 213 g/mol. The van der Waals surface area contributed by atoms with Crippen molar-refractivity contribution in [3.63, 3.8) is 0 Å². The zero-order chi connectivity index (χ0) is 12.4. The van der Waals surface area contributed by atoms with Crippen molar-refractivity contribution < 1.29 is 25.0 Å². The van der Waals surface area contributed by atoms with Crippen LogP contribution in [0.5, 0.6) is 5.88 Å². The van der Waals surface area contributed by atoms with Crippen LogP contribution < -0.4 is 10.2 Å². The van der Waals surface area contributed by atoms with Gasteiger partial charge < -0.3 is 25.0 Å². The summed E-state index contributed by atoms with van der Waals surface area (Å²) in [6.45, 7) is 0.188. The number of pyridine rings is 1. The molecule has 4 N–H and O–H groups in total. The maximum Gasteiger partial charge on any atom is 0.490 e. The minimum Gasteiger partial charge on any atom is -0.481 e. The number of methoxy groups -OCH3 is 1. The van der Waals surface area contributed by atoms with Crippen molar-refractivity contribution in [2.45, 2.75) is 6.42 Å². The molecule has 0 saturated carbocycles. The summed E-state index contributed by atoms with van der Waals surface area (Å²) in [5, 5.41) is 33.1. The Morgan fingerprint density at radius 2 is 1.88 bits per heavy atom. The van der Waals surface area contributed by atoms with E-state index in [9.17, 15) is 0 Å². The normalized spacial score (nSPS) is 9.06. The van der Waals surface area contributed by atoms with Gasteiger partial charge in [-0.2, -0.15) is 0 Å². The molecule has 0 saturated heterocycles. The van der Waals surface area contributed by atoms with Crippen molar-refractivity contribution in [2.75, 3.05) is 20.3 Å². The Morgan fingerprint density at radius 1 is 1.25 bits per heavy atom. The lowest BCUT2D eigenvalue weighted by Crippen LogP contribution is -2.29. The highest BCUT2D eigenvalue weighted by molar-refractivity contribution is 6.58. The van der Waals surface area contributed by atoms with Gasteiger partial charge in [-0.15, -0.1) is 0 Å². The fourth-order valence-corrected chi connectivity index (χ4v) is 0.736. The zero-order valence-electron chi connectivity index (χ0n) is 9.08. The van der Waals surface area contributed by atoms with Crippen LogP contribution in [0.15, 0.2) is 18.3 Å². The van der Waals surface area contributed by atoms with Gasteiger partial charge in [-0.1, -0.05) is 6.07 Å². The van der Waals surface area contributed by atoms with Crippen LogP contribution in [0.1, 0.15) is 6.42 Å². The first-order valence-corrected chi connectivity index (χ1v) is 4.73. The number of hydrogen-bond acceptors (Lipinski definition) is 6. The lowest BCUT2D eigenvalue weighted by atomic mass is 9.82. The molecule has 1 rings (SSSR count). The van der Waals surface area contributed by atoms with Gasteiger partial charge in [0.1, 0.15) is 0 Å². The second-order valence-electron chi connectivity index (χ2n) is 2.81. The highest BCUT2D eigenvalue weighted by Crippen LogP contribution is 1.99. The van der Waals surface area contributed by atoms with Gasteiger partial charge in [-0.3, -0.25) is 0 Å². The molecule has 6 nitrogen and oxygen atoms in total. The first kappa shape index (κ1) is 14.9. The zero-order valence-corrected chi connectivity index (χ0v) is 9.08. The van der Waals surface area contributed by atoms with E-state index in [-0.39, 0.29) is 13.2 Å². The third-order valence-corrected chi connectivity index (χ3v) is 1.58. The Morgan fingerprint density at radius 3 is 2.12 bits per heavy atom. The number of aliphatic hydroxyl groups is 2. The van der Waals surface area contributed by atoms with E-state index in [2.05, 4.69) is 4.98 Å². The van der Waals surface area contributed by atoms with E-state index >= 15 is 0 Å². The van der Waals surface area contributed by atoms with Crippen molar-refractivity contribution in [2.24, 2.45) is 0 Å². The summed E-state index contributed by atoms with van der Waals surface area (Å²) in [5.41, 5.74) is 0.353. The first-order valence-electron chi connectivity index (χ1n) is 4.73. The average molecular weight is 229 g/mol. The SMILES string of the molecule is COc1ccc(B(O)O)cn1.OCCCO. The van der Waals surface area contributed by atoms with Crippen LogP contribution >= 0.6 is 0 Å². The van der Waals surface area contributed by atoms with E-state index < -0.39 is 7.12 Å². The topological polar surface area (TPSA) is 103 Å². The lowest BCUT2D eigenvalue weighted by Gasteiger charge is -1.99. The molecule has 1 aromatic heterocycles. The predicted molar refractivity (Wildman–Crippen MR) is 59.4 cm³/mol. The van der Waals surface area contributed by atoms with Crippen molar-refractivity contribution in [1.82, 2.24) is 4.98 Å². The molecule has 0 bridgehead atoms. The third-order valence-electron chi connectivity index (χ3n) is 1.58. The van der Waals surface area contributed by atoms with E-state index in [1.165, 1.54) is 19.4 Å². The number of aromatic nitrogens is 1. The maximum absolute atomic E-state index is 8.66. The Balaban J connectivity index is 0.000000385. The van der Waals surface area contributed by atoms with Gasteiger partial charge in [-0.25, -0.2) is 4.98 Å². The molecule has 0 spiro atoms.